The Morgan fingerprint density at radius 1 is 0.469 bits per heavy atom. The van der Waals surface area contributed by atoms with Gasteiger partial charge in [0.1, 0.15) is 11.5 Å². The molecule has 0 aliphatic carbocycles. The first-order valence-corrected chi connectivity index (χ1v) is 8.91. The van der Waals surface area contributed by atoms with E-state index in [9.17, 15) is 26.3 Å². The second-order valence-electron chi connectivity index (χ2n) is 6.23. The van der Waals surface area contributed by atoms with Crippen LogP contribution in [0.4, 0.5) is 26.3 Å². The van der Waals surface area contributed by atoms with Crippen LogP contribution in [0.2, 0.25) is 0 Å². The fraction of sp³-hybridized carbons (Fsp3) is 0.0833. The quantitative estimate of drug-likeness (QED) is 0.341. The van der Waals surface area contributed by atoms with Gasteiger partial charge in [-0.3, -0.25) is 0 Å². The van der Waals surface area contributed by atoms with Gasteiger partial charge in [-0.1, -0.05) is 35.8 Å². The van der Waals surface area contributed by atoms with E-state index in [4.69, 9.17) is 0 Å². The van der Waals surface area contributed by atoms with Gasteiger partial charge in [0.25, 0.3) is 0 Å². The van der Waals surface area contributed by atoms with Gasteiger partial charge in [0.15, 0.2) is 0 Å². The van der Waals surface area contributed by atoms with Crippen molar-refractivity contribution >= 4 is 0 Å². The van der Waals surface area contributed by atoms with Gasteiger partial charge >= 0.3 is 12.7 Å². The molecule has 0 saturated heterocycles. The minimum atomic E-state index is -4.78. The van der Waals surface area contributed by atoms with Crippen molar-refractivity contribution in [1.29, 1.82) is 0 Å². The number of ether oxygens (including phenoxy) is 2. The number of rotatable bonds is 2. The SMILES string of the molecule is FC(F)(F)Oc1cccc(C#Cc2ccc(C#Cc3cccc(OC(F)(F)F)c3)cc2)c1. The summed E-state index contributed by atoms with van der Waals surface area (Å²) in [5, 5.41) is 0. The predicted octanol–water partition coefficient (Wildman–Crippen LogP) is 6.28. The molecule has 0 bridgehead atoms. The molecule has 2 nitrogen and oxygen atoms in total. The summed E-state index contributed by atoms with van der Waals surface area (Å²) in [5.74, 6) is 10.4. The van der Waals surface area contributed by atoms with Crippen LogP contribution < -0.4 is 9.47 Å². The smallest absolute Gasteiger partial charge is 0.406 e. The Balaban J connectivity index is 1.69. The lowest BCUT2D eigenvalue weighted by Crippen LogP contribution is -2.17. The van der Waals surface area contributed by atoms with Crippen molar-refractivity contribution in [2.75, 3.05) is 0 Å². The molecule has 162 valence electrons. The molecule has 0 unspecified atom stereocenters. The third-order valence-electron chi connectivity index (χ3n) is 3.72. The zero-order valence-electron chi connectivity index (χ0n) is 16.0. The molecule has 3 rings (SSSR count). The second-order valence-corrected chi connectivity index (χ2v) is 6.23. The molecule has 3 aromatic carbocycles. The molecule has 0 amide bonds. The molecule has 0 spiro atoms. The monoisotopic (exact) mass is 446 g/mol. The molecule has 0 heterocycles. The molecule has 32 heavy (non-hydrogen) atoms. The lowest BCUT2D eigenvalue weighted by atomic mass is 10.1. The molecule has 8 heteroatoms. The molecule has 0 N–H and O–H groups in total. The van der Waals surface area contributed by atoms with Crippen molar-refractivity contribution in [1.82, 2.24) is 0 Å². The first-order valence-electron chi connectivity index (χ1n) is 8.91. The van der Waals surface area contributed by atoms with Crippen LogP contribution in [0.5, 0.6) is 11.5 Å². The first-order chi connectivity index (χ1) is 15.1. The van der Waals surface area contributed by atoms with E-state index in [1.54, 1.807) is 36.4 Å². The molecule has 0 aromatic heterocycles. The van der Waals surface area contributed by atoms with Crippen molar-refractivity contribution in [2.45, 2.75) is 12.7 Å². The molecule has 0 aliphatic heterocycles. The van der Waals surface area contributed by atoms with Crippen molar-refractivity contribution in [3.05, 3.63) is 95.1 Å². The van der Waals surface area contributed by atoms with Gasteiger partial charge in [-0.25, -0.2) is 0 Å². The minimum Gasteiger partial charge on any atom is -0.406 e. The molecule has 0 fully saturated rings. The highest BCUT2D eigenvalue weighted by Crippen LogP contribution is 2.24. The van der Waals surface area contributed by atoms with Gasteiger partial charge in [0.05, 0.1) is 0 Å². The Hall–Kier alpha value is -4.04. The van der Waals surface area contributed by atoms with E-state index in [0.29, 0.717) is 22.3 Å². The van der Waals surface area contributed by atoms with E-state index in [-0.39, 0.29) is 11.5 Å². The maximum Gasteiger partial charge on any atom is 0.573 e. The summed E-state index contributed by atoms with van der Waals surface area (Å²) >= 11 is 0. The highest BCUT2D eigenvalue weighted by Gasteiger charge is 2.31. The Morgan fingerprint density at radius 2 is 0.812 bits per heavy atom. The minimum absolute atomic E-state index is 0.344. The number of hydrogen-bond acceptors (Lipinski definition) is 2. The van der Waals surface area contributed by atoms with Gasteiger partial charge in [-0.2, -0.15) is 0 Å². The Labute approximate surface area is 179 Å². The van der Waals surface area contributed by atoms with Gasteiger partial charge in [-0.05, 0) is 60.7 Å². The third kappa shape index (κ3) is 7.66. The van der Waals surface area contributed by atoms with Crippen LogP contribution in [-0.4, -0.2) is 12.7 Å². The van der Waals surface area contributed by atoms with E-state index < -0.39 is 12.7 Å². The Morgan fingerprint density at radius 3 is 1.16 bits per heavy atom. The molecular weight excluding hydrogens is 434 g/mol. The summed E-state index contributed by atoms with van der Waals surface area (Å²) in [6.45, 7) is 0. The van der Waals surface area contributed by atoms with Crippen molar-refractivity contribution in [3.8, 4) is 35.2 Å². The molecular formula is C24H12F6O2. The Kier molecular flexibility index (Phi) is 6.65. The van der Waals surface area contributed by atoms with E-state index in [2.05, 4.69) is 33.2 Å². The summed E-state index contributed by atoms with van der Waals surface area (Å²) in [6.07, 6.45) is -9.56. The maximum atomic E-state index is 12.3. The molecule has 3 aromatic rings. The largest absolute Gasteiger partial charge is 0.573 e. The first kappa shape index (κ1) is 22.6. The van der Waals surface area contributed by atoms with Crippen LogP contribution in [0, 0.1) is 23.7 Å². The van der Waals surface area contributed by atoms with Crippen LogP contribution in [0.3, 0.4) is 0 Å². The lowest BCUT2D eigenvalue weighted by Gasteiger charge is -2.08. The number of benzene rings is 3. The van der Waals surface area contributed by atoms with Crippen LogP contribution in [0.25, 0.3) is 0 Å². The number of hydrogen-bond donors (Lipinski definition) is 0. The molecule has 0 aliphatic rings. The van der Waals surface area contributed by atoms with Crippen molar-refractivity contribution in [2.24, 2.45) is 0 Å². The average molecular weight is 446 g/mol. The fourth-order valence-electron chi connectivity index (χ4n) is 2.47. The predicted molar refractivity (Wildman–Crippen MR) is 105 cm³/mol. The molecule has 0 saturated carbocycles. The van der Waals surface area contributed by atoms with Gasteiger partial charge in [-0.15, -0.1) is 26.3 Å². The van der Waals surface area contributed by atoms with Crippen LogP contribution in [-0.2, 0) is 0 Å². The molecule has 0 atom stereocenters. The van der Waals surface area contributed by atoms with Gasteiger partial charge in [0, 0.05) is 22.3 Å². The lowest BCUT2D eigenvalue weighted by molar-refractivity contribution is -0.275. The normalized spacial score (nSPS) is 10.9. The molecule has 0 radical (unpaired) electrons. The van der Waals surface area contributed by atoms with Crippen LogP contribution in [0.15, 0.2) is 72.8 Å². The standard InChI is InChI=1S/C24H12F6O2/c25-23(26,27)31-21-5-1-3-19(15-21)13-11-17-7-9-18(10-8-17)12-14-20-4-2-6-22(16-20)32-24(28,29)30/h1-10,15-16H. The van der Waals surface area contributed by atoms with Crippen molar-refractivity contribution in [3.63, 3.8) is 0 Å². The van der Waals surface area contributed by atoms with E-state index >= 15 is 0 Å². The zero-order valence-corrected chi connectivity index (χ0v) is 16.0. The van der Waals surface area contributed by atoms with Gasteiger partial charge < -0.3 is 9.47 Å². The Bertz CT molecular complexity index is 1110. The van der Waals surface area contributed by atoms with E-state index in [1.165, 1.54) is 36.4 Å². The zero-order chi connectivity index (χ0) is 23.2. The summed E-state index contributed by atoms with van der Waals surface area (Å²) in [4.78, 5) is 0. The topological polar surface area (TPSA) is 18.5 Å². The average Bonchev–Trinajstić information content (AvgIpc) is 2.69. The maximum absolute atomic E-state index is 12.3. The highest BCUT2D eigenvalue weighted by atomic mass is 19.4. The summed E-state index contributed by atoms with van der Waals surface area (Å²) in [6, 6.07) is 17.3. The van der Waals surface area contributed by atoms with Crippen molar-refractivity contribution < 1.29 is 35.8 Å². The van der Waals surface area contributed by atoms with E-state index in [0.717, 1.165) is 0 Å². The number of alkyl halides is 6. The third-order valence-corrected chi connectivity index (χ3v) is 3.72. The fourth-order valence-corrected chi connectivity index (χ4v) is 2.47. The summed E-state index contributed by atoms with van der Waals surface area (Å²) < 4.78 is 81.5. The van der Waals surface area contributed by atoms with Crippen LogP contribution >= 0.6 is 0 Å². The number of halogens is 6. The second kappa shape index (κ2) is 9.40. The summed E-state index contributed by atoms with van der Waals surface area (Å²) in [5.41, 5.74) is 1.88. The van der Waals surface area contributed by atoms with Crippen LogP contribution in [0.1, 0.15) is 22.3 Å². The van der Waals surface area contributed by atoms with E-state index in [1.807, 2.05) is 0 Å². The highest BCUT2D eigenvalue weighted by molar-refractivity contribution is 5.49. The van der Waals surface area contributed by atoms with Gasteiger partial charge in [0.2, 0.25) is 0 Å². The summed E-state index contributed by atoms with van der Waals surface area (Å²) in [7, 11) is 0.